The summed E-state index contributed by atoms with van der Waals surface area (Å²) in [5, 5.41) is 6.13. The molecule has 0 aliphatic carbocycles. The average Bonchev–Trinajstić information content (AvgIpc) is 2.34. The van der Waals surface area contributed by atoms with Crippen molar-refractivity contribution >= 4 is 16.5 Å². The number of anilines is 1. The first kappa shape index (κ1) is 10.6. The fourth-order valence-electron chi connectivity index (χ4n) is 2.24. The summed E-state index contributed by atoms with van der Waals surface area (Å²) < 4.78 is 5.27. The van der Waals surface area contributed by atoms with Gasteiger partial charge in [-0.3, -0.25) is 0 Å². The quantitative estimate of drug-likeness (QED) is 0.868. The molecular formula is C15H17NO. The monoisotopic (exact) mass is 227 g/mol. The van der Waals surface area contributed by atoms with Crippen molar-refractivity contribution in [3.63, 3.8) is 0 Å². The molecule has 17 heavy (non-hydrogen) atoms. The van der Waals surface area contributed by atoms with E-state index in [1.807, 2.05) is 0 Å². The zero-order valence-electron chi connectivity index (χ0n) is 10.1. The summed E-state index contributed by atoms with van der Waals surface area (Å²) in [7, 11) is 0. The van der Waals surface area contributed by atoms with Crippen LogP contribution in [0.1, 0.15) is 6.92 Å². The third-order valence-corrected chi connectivity index (χ3v) is 3.40. The van der Waals surface area contributed by atoms with Gasteiger partial charge in [-0.1, -0.05) is 43.3 Å². The van der Waals surface area contributed by atoms with Gasteiger partial charge >= 0.3 is 0 Å². The smallest absolute Gasteiger partial charge is 0.0559 e. The van der Waals surface area contributed by atoms with Crippen molar-refractivity contribution in [2.24, 2.45) is 5.41 Å². The van der Waals surface area contributed by atoms with Gasteiger partial charge in [-0.25, -0.2) is 0 Å². The predicted molar refractivity (Wildman–Crippen MR) is 71.4 cm³/mol. The minimum atomic E-state index is 0.303. The number of ether oxygens (including phenoxy) is 1. The van der Waals surface area contributed by atoms with Gasteiger partial charge in [0, 0.05) is 23.0 Å². The largest absolute Gasteiger partial charge is 0.384 e. The van der Waals surface area contributed by atoms with E-state index in [1.54, 1.807) is 0 Å². The van der Waals surface area contributed by atoms with Crippen LogP contribution in [0.3, 0.4) is 0 Å². The third-order valence-electron chi connectivity index (χ3n) is 3.40. The second kappa shape index (κ2) is 4.04. The van der Waals surface area contributed by atoms with Gasteiger partial charge in [0.1, 0.15) is 0 Å². The van der Waals surface area contributed by atoms with Gasteiger partial charge in [0.25, 0.3) is 0 Å². The predicted octanol–water partition coefficient (Wildman–Crippen LogP) is 3.29. The molecule has 0 unspecified atom stereocenters. The van der Waals surface area contributed by atoms with Crippen LogP contribution in [-0.2, 0) is 4.74 Å². The molecule has 88 valence electrons. The van der Waals surface area contributed by atoms with Crippen molar-refractivity contribution in [1.82, 2.24) is 0 Å². The Labute approximate surface area is 102 Å². The molecule has 2 heteroatoms. The highest BCUT2D eigenvalue weighted by Gasteiger charge is 2.32. The molecule has 2 nitrogen and oxygen atoms in total. The third kappa shape index (κ3) is 2.01. The Kier molecular flexibility index (Phi) is 2.52. The van der Waals surface area contributed by atoms with E-state index < -0.39 is 0 Å². The van der Waals surface area contributed by atoms with Gasteiger partial charge in [0.2, 0.25) is 0 Å². The zero-order valence-corrected chi connectivity index (χ0v) is 10.1. The molecule has 0 saturated carbocycles. The Bertz CT molecular complexity index is 526. The van der Waals surface area contributed by atoms with E-state index >= 15 is 0 Å². The second-order valence-corrected chi connectivity index (χ2v) is 5.18. The van der Waals surface area contributed by atoms with Crippen molar-refractivity contribution in [1.29, 1.82) is 0 Å². The molecule has 2 aromatic rings. The first-order chi connectivity index (χ1) is 8.27. The molecule has 1 N–H and O–H groups in total. The number of hydrogen-bond donors (Lipinski definition) is 1. The van der Waals surface area contributed by atoms with Crippen LogP contribution in [0.2, 0.25) is 0 Å². The van der Waals surface area contributed by atoms with Crippen molar-refractivity contribution in [3.8, 4) is 0 Å². The molecule has 1 saturated heterocycles. The molecule has 0 aromatic heterocycles. The Balaban J connectivity index is 1.85. The average molecular weight is 227 g/mol. The van der Waals surface area contributed by atoms with Crippen molar-refractivity contribution in [2.45, 2.75) is 6.92 Å². The maximum atomic E-state index is 5.27. The zero-order chi connectivity index (χ0) is 11.7. The fraction of sp³-hybridized carbons (Fsp3) is 0.333. The highest BCUT2D eigenvalue weighted by atomic mass is 16.5. The molecule has 2 aromatic carbocycles. The first-order valence-electron chi connectivity index (χ1n) is 6.06. The second-order valence-electron chi connectivity index (χ2n) is 5.18. The maximum absolute atomic E-state index is 5.27. The lowest BCUT2D eigenvalue weighted by molar-refractivity contribution is -0.0924. The van der Waals surface area contributed by atoms with Crippen LogP contribution in [0.15, 0.2) is 42.5 Å². The van der Waals surface area contributed by atoms with Crippen molar-refractivity contribution < 1.29 is 4.74 Å². The van der Waals surface area contributed by atoms with Gasteiger partial charge in [0.05, 0.1) is 13.2 Å². The number of benzene rings is 2. The molecule has 0 radical (unpaired) electrons. The molecular weight excluding hydrogens is 210 g/mol. The van der Waals surface area contributed by atoms with Gasteiger partial charge in [0.15, 0.2) is 0 Å². The Morgan fingerprint density at radius 2 is 1.88 bits per heavy atom. The van der Waals surface area contributed by atoms with Gasteiger partial charge in [-0.05, 0) is 11.5 Å². The number of fused-ring (bicyclic) bond motifs is 1. The summed E-state index contributed by atoms with van der Waals surface area (Å²) in [6.45, 7) is 4.96. The highest BCUT2D eigenvalue weighted by molar-refractivity contribution is 5.93. The van der Waals surface area contributed by atoms with E-state index in [-0.39, 0.29) is 0 Å². The van der Waals surface area contributed by atoms with Crippen LogP contribution >= 0.6 is 0 Å². The van der Waals surface area contributed by atoms with E-state index in [9.17, 15) is 0 Å². The Hall–Kier alpha value is -1.54. The summed E-state index contributed by atoms with van der Waals surface area (Å²) in [5.74, 6) is 0. The number of hydrogen-bond acceptors (Lipinski definition) is 2. The lowest BCUT2D eigenvalue weighted by atomic mass is 9.88. The van der Waals surface area contributed by atoms with Gasteiger partial charge < -0.3 is 10.1 Å². The molecule has 3 rings (SSSR count). The molecule has 1 aliphatic heterocycles. The fourth-order valence-corrected chi connectivity index (χ4v) is 2.24. The SMILES string of the molecule is CC1(CNc2cccc3ccccc23)COC1. The molecule has 1 aliphatic rings. The molecule has 0 amide bonds. The van der Waals surface area contributed by atoms with Crippen molar-refractivity contribution in [3.05, 3.63) is 42.5 Å². The van der Waals surface area contributed by atoms with Crippen LogP contribution < -0.4 is 5.32 Å². The summed E-state index contributed by atoms with van der Waals surface area (Å²) in [5.41, 5.74) is 1.52. The summed E-state index contributed by atoms with van der Waals surface area (Å²) in [6, 6.07) is 14.9. The first-order valence-corrected chi connectivity index (χ1v) is 6.06. The van der Waals surface area contributed by atoms with E-state index in [4.69, 9.17) is 4.74 Å². The molecule has 0 spiro atoms. The number of nitrogens with one attached hydrogen (secondary N) is 1. The Morgan fingerprint density at radius 3 is 2.65 bits per heavy atom. The molecule has 1 fully saturated rings. The van der Waals surface area contributed by atoms with Gasteiger partial charge in [-0.15, -0.1) is 0 Å². The van der Waals surface area contributed by atoms with E-state index in [2.05, 4.69) is 54.7 Å². The van der Waals surface area contributed by atoms with Crippen LogP contribution in [0.4, 0.5) is 5.69 Å². The topological polar surface area (TPSA) is 21.3 Å². The summed E-state index contributed by atoms with van der Waals surface area (Å²) in [6.07, 6.45) is 0. The Morgan fingerprint density at radius 1 is 1.12 bits per heavy atom. The van der Waals surface area contributed by atoms with Gasteiger partial charge in [-0.2, -0.15) is 0 Å². The van der Waals surface area contributed by atoms with Crippen LogP contribution in [0.25, 0.3) is 10.8 Å². The van der Waals surface area contributed by atoms with Crippen LogP contribution in [-0.4, -0.2) is 19.8 Å². The van der Waals surface area contributed by atoms with E-state index in [1.165, 1.54) is 16.5 Å². The highest BCUT2D eigenvalue weighted by Crippen LogP contribution is 2.29. The molecule has 1 heterocycles. The maximum Gasteiger partial charge on any atom is 0.0559 e. The van der Waals surface area contributed by atoms with Crippen LogP contribution in [0.5, 0.6) is 0 Å². The standard InChI is InChI=1S/C15H17NO/c1-15(10-17-11-15)9-16-14-8-4-6-12-5-2-3-7-13(12)14/h2-8,16H,9-11H2,1H3. The van der Waals surface area contributed by atoms with Crippen LogP contribution in [0, 0.1) is 5.41 Å². The lowest BCUT2D eigenvalue weighted by Gasteiger charge is -2.38. The summed E-state index contributed by atoms with van der Waals surface area (Å²) in [4.78, 5) is 0. The van der Waals surface area contributed by atoms with Crippen molar-refractivity contribution in [2.75, 3.05) is 25.1 Å². The summed E-state index contributed by atoms with van der Waals surface area (Å²) >= 11 is 0. The minimum absolute atomic E-state index is 0.303. The number of rotatable bonds is 3. The molecule has 0 bridgehead atoms. The lowest BCUT2D eigenvalue weighted by Crippen LogP contribution is -2.45. The van der Waals surface area contributed by atoms with E-state index in [0.29, 0.717) is 5.41 Å². The minimum Gasteiger partial charge on any atom is -0.384 e. The molecule has 0 atom stereocenters. The van der Waals surface area contributed by atoms with E-state index in [0.717, 1.165) is 19.8 Å². The normalized spacial score (nSPS) is 17.7.